The summed E-state index contributed by atoms with van der Waals surface area (Å²) in [5.74, 6) is 0. The first kappa shape index (κ1) is 12.2. The minimum absolute atomic E-state index is 0.689. The van der Waals surface area contributed by atoms with Gasteiger partial charge in [0.15, 0.2) is 0 Å². The molecule has 0 aliphatic carbocycles. The Hall–Kier alpha value is -1.61. The van der Waals surface area contributed by atoms with E-state index in [9.17, 15) is 0 Å². The van der Waals surface area contributed by atoms with E-state index < -0.39 is 0 Å². The highest BCUT2D eigenvalue weighted by Gasteiger charge is 2.40. The Balaban J connectivity index is 1.69. The van der Waals surface area contributed by atoms with Crippen molar-refractivity contribution < 1.29 is 0 Å². The van der Waals surface area contributed by atoms with E-state index in [0.717, 1.165) is 5.52 Å². The second kappa shape index (κ2) is 4.74. The molecule has 2 bridgehead atoms. The lowest BCUT2D eigenvalue weighted by atomic mass is 9.97. The van der Waals surface area contributed by atoms with Gasteiger partial charge in [-0.2, -0.15) is 0 Å². The van der Waals surface area contributed by atoms with Crippen LogP contribution in [0.1, 0.15) is 25.7 Å². The van der Waals surface area contributed by atoms with Gasteiger partial charge in [0.05, 0.1) is 17.4 Å². The number of piperidine rings is 1. The van der Waals surface area contributed by atoms with Crippen molar-refractivity contribution in [3.63, 3.8) is 0 Å². The van der Waals surface area contributed by atoms with Crippen LogP contribution in [0.15, 0.2) is 36.5 Å². The van der Waals surface area contributed by atoms with E-state index in [1.807, 2.05) is 0 Å². The molecule has 0 amide bonds. The van der Waals surface area contributed by atoms with Gasteiger partial charge in [0, 0.05) is 23.5 Å². The highest BCUT2D eigenvalue weighted by molar-refractivity contribution is 5.81. The van der Waals surface area contributed by atoms with E-state index >= 15 is 0 Å². The van der Waals surface area contributed by atoms with Crippen LogP contribution in [0.25, 0.3) is 10.9 Å². The normalized spacial score (nSPS) is 29.1. The lowest BCUT2D eigenvalue weighted by molar-refractivity contribution is 0.373. The monoisotopic (exact) mass is 267 g/mol. The third-order valence-electron chi connectivity index (χ3n) is 5.02. The largest absolute Gasteiger partial charge is 0.364 e. The second-order valence-electron chi connectivity index (χ2n) is 6.14. The number of nitrogens with one attached hydrogen (secondary N) is 1. The Morgan fingerprint density at radius 3 is 2.65 bits per heavy atom. The fourth-order valence-corrected chi connectivity index (χ4v) is 4.03. The molecule has 1 N–H and O–H groups in total. The van der Waals surface area contributed by atoms with Crippen molar-refractivity contribution in [3.8, 4) is 0 Å². The average Bonchev–Trinajstić information content (AvgIpc) is 2.77. The summed E-state index contributed by atoms with van der Waals surface area (Å²) in [5.41, 5.74) is 2.40. The molecule has 2 fully saturated rings. The first-order valence-electron chi connectivity index (χ1n) is 7.65. The maximum Gasteiger partial charge on any atom is 0.0703 e. The molecule has 1 aromatic carbocycles. The van der Waals surface area contributed by atoms with Crippen molar-refractivity contribution in [2.24, 2.45) is 0 Å². The Labute approximate surface area is 120 Å². The molecule has 2 aromatic rings. The van der Waals surface area contributed by atoms with Gasteiger partial charge in [-0.25, -0.2) is 0 Å². The lowest BCUT2D eigenvalue weighted by Crippen LogP contribution is -2.48. The summed E-state index contributed by atoms with van der Waals surface area (Å²) in [6.45, 7) is 0. The van der Waals surface area contributed by atoms with Gasteiger partial charge >= 0.3 is 0 Å². The molecule has 104 valence electrons. The summed E-state index contributed by atoms with van der Waals surface area (Å²) in [6.07, 6.45) is 7.25. The van der Waals surface area contributed by atoms with Gasteiger partial charge in [-0.1, -0.05) is 18.2 Å². The van der Waals surface area contributed by atoms with Crippen molar-refractivity contribution in [2.75, 3.05) is 11.9 Å². The van der Waals surface area contributed by atoms with E-state index in [-0.39, 0.29) is 0 Å². The minimum atomic E-state index is 0.689. The number of rotatable bonds is 2. The van der Waals surface area contributed by atoms with Gasteiger partial charge in [0.1, 0.15) is 0 Å². The quantitative estimate of drug-likeness (QED) is 0.906. The van der Waals surface area contributed by atoms with Gasteiger partial charge in [-0.05, 0) is 44.9 Å². The summed E-state index contributed by atoms with van der Waals surface area (Å²) in [6, 6.07) is 12.8. The van der Waals surface area contributed by atoms with Crippen LogP contribution in [0.2, 0.25) is 0 Å². The number of fused-ring (bicyclic) bond motifs is 3. The van der Waals surface area contributed by atoms with Crippen molar-refractivity contribution >= 4 is 16.6 Å². The Kier molecular flexibility index (Phi) is 2.88. The number of nitrogens with zero attached hydrogens (tertiary/aromatic N) is 2. The molecule has 3 nitrogen and oxygen atoms in total. The summed E-state index contributed by atoms with van der Waals surface area (Å²) in [4.78, 5) is 7.27. The summed E-state index contributed by atoms with van der Waals surface area (Å²) < 4.78 is 0. The highest BCUT2D eigenvalue weighted by atomic mass is 15.2. The molecule has 0 radical (unpaired) electrons. The van der Waals surface area contributed by atoms with Crippen molar-refractivity contribution in [3.05, 3.63) is 36.5 Å². The lowest BCUT2D eigenvalue weighted by Gasteiger charge is -2.40. The Morgan fingerprint density at radius 2 is 1.90 bits per heavy atom. The predicted octanol–water partition coefficient (Wildman–Crippen LogP) is 2.95. The fourth-order valence-electron chi connectivity index (χ4n) is 4.03. The molecule has 0 saturated carbocycles. The number of hydrogen-bond acceptors (Lipinski definition) is 3. The van der Waals surface area contributed by atoms with E-state index in [1.165, 1.54) is 36.8 Å². The van der Waals surface area contributed by atoms with Gasteiger partial charge in [-0.3, -0.25) is 4.98 Å². The molecule has 2 unspecified atom stereocenters. The number of hydrogen-bond donors (Lipinski definition) is 1. The first-order chi connectivity index (χ1) is 9.85. The Bertz CT molecular complexity index is 610. The molecule has 3 heterocycles. The number of aromatic nitrogens is 1. The van der Waals surface area contributed by atoms with Crippen LogP contribution in [0.3, 0.4) is 0 Å². The third kappa shape index (κ3) is 1.88. The van der Waals surface area contributed by atoms with Crippen LogP contribution < -0.4 is 10.2 Å². The molecule has 3 heteroatoms. The van der Waals surface area contributed by atoms with E-state index in [4.69, 9.17) is 0 Å². The van der Waals surface area contributed by atoms with Crippen molar-refractivity contribution in [1.29, 1.82) is 0 Å². The maximum absolute atomic E-state index is 4.63. The fraction of sp³-hybridized carbons (Fsp3) is 0.471. The van der Waals surface area contributed by atoms with Crippen LogP contribution >= 0.6 is 0 Å². The van der Waals surface area contributed by atoms with Crippen LogP contribution in [0, 0.1) is 0 Å². The zero-order valence-corrected chi connectivity index (χ0v) is 11.9. The van der Waals surface area contributed by atoms with Crippen LogP contribution in [0.4, 0.5) is 5.69 Å². The van der Waals surface area contributed by atoms with E-state index in [1.54, 1.807) is 0 Å². The molecule has 1 aromatic heterocycles. The maximum atomic E-state index is 4.63. The zero-order chi connectivity index (χ0) is 13.5. The molecule has 0 spiro atoms. The minimum Gasteiger partial charge on any atom is -0.364 e. The predicted molar refractivity (Wildman–Crippen MR) is 83.1 cm³/mol. The van der Waals surface area contributed by atoms with Crippen molar-refractivity contribution in [2.45, 2.75) is 43.8 Å². The molecule has 2 atom stereocenters. The SMILES string of the molecule is CNC1CC2CCC(C1)N2c1cnc2ccccc2c1. The van der Waals surface area contributed by atoms with Gasteiger partial charge in [0.2, 0.25) is 0 Å². The smallest absolute Gasteiger partial charge is 0.0703 e. The molecule has 4 rings (SSSR count). The van der Waals surface area contributed by atoms with Crippen LogP contribution in [0.5, 0.6) is 0 Å². The summed E-state index contributed by atoms with van der Waals surface area (Å²) in [7, 11) is 2.09. The number of pyridine rings is 1. The summed E-state index contributed by atoms with van der Waals surface area (Å²) >= 11 is 0. The van der Waals surface area contributed by atoms with E-state index in [0.29, 0.717) is 18.1 Å². The number of anilines is 1. The molecule has 2 aliphatic heterocycles. The van der Waals surface area contributed by atoms with E-state index in [2.05, 4.69) is 58.8 Å². The molecule has 2 saturated heterocycles. The standard InChI is InChI=1S/C17H21N3/c1-18-13-9-14-6-7-15(10-13)20(14)16-8-12-4-2-3-5-17(12)19-11-16/h2-5,8,11,13-15,18H,6-7,9-10H2,1H3. The molecular weight excluding hydrogens is 246 g/mol. The molecule has 2 aliphatic rings. The topological polar surface area (TPSA) is 28.2 Å². The third-order valence-corrected chi connectivity index (χ3v) is 5.02. The number of benzene rings is 1. The zero-order valence-electron chi connectivity index (χ0n) is 11.9. The van der Waals surface area contributed by atoms with Crippen LogP contribution in [-0.2, 0) is 0 Å². The van der Waals surface area contributed by atoms with Gasteiger partial charge in [-0.15, -0.1) is 0 Å². The van der Waals surface area contributed by atoms with Crippen LogP contribution in [-0.4, -0.2) is 30.2 Å². The number of para-hydroxylation sites is 1. The van der Waals surface area contributed by atoms with Gasteiger partial charge < -0.3 is 10.2 Å². The average molecular weight is 267 g/mol. The molecular formula is C17H21N3. The summed E-state index contributed by atoms with van der Waals surface area (Å²) in [5, 5.41) is 4.71. The first-order valence-corrected chi connectivity index (χ1v) is 7.65. The Morgan fingerprint density at radius 1 is 1.15 bits per heavy atom. The molecule has 20 heavy (non-hydrogen) atoms. The van der Waals surface area contributed by atoms with Crippen molar-refractivity contribution in [1.82, 2.24) is 10.3 Å². The van der Waals surface area contributed by atoms with Gasteiger partial charge in [0.25, 0.3) is 0 Å². The second-order valence-corrected chi connectivity index (χ2v) is 6.14. The highest BCUT2D eigenvalue weighted by Crippen LogP contribution is 2.39.